The standard InChI is InChI=1S/C16H28N6O2/c1-2-17-15(18-7-10-22-14(23)11-19-16(22)24)20-12-5-8-21(9-6-12)13-3-4-13/h12-13H,2-11H2,1H3,(H,19,24)(H2,17,18,20). The number of carbonyl (C=O) groups excluding carboxylic acids is 2. The molecule has 24 heavy (non-hydrogen) atoms. The predicted molar refractivity (Wildman–Crippen MR) is 91.8 cm³/mol. The molecule has 1 saturated carbocycles. The van der Waals surface area contributed by atoms with Crippen LogP contribution >= 0.6 is 0 Å². The lowest BCUT2D eigenvalue weighted by atomic mass is 10.1. The highest BCUT2D eigenvalue weighted by molar-refractivity contribution is 6.01. The number of hydrogen-bond donors (Lipinski definition) is 3. The first-order valence-electron chi connectivity index (χ1n) is 9.04. The molecule has 3 amide bonds. The van der Waals surface area contributed by atoms with Gasteiger partial charge in [-0.05, 0) is 32.6 Å². The van der Waals surface area contributed by atoms with Gasteiger partial charge in [0.1, 0.15) is 0 Å². The van der Waals surface area contributed by atoms with E-state index in [1.165, 1.54) is 17.7 Å². The molecule has 3 aliphatic rings. The smallest absolute Gasteiger partial charge is 0.324 e. The van der Waals surface area contributed by atoms with E-state index in [0.29, 0.717) is 19.1 Å². The molecule has 3 fully saturated rings. The van der Waals surface area contributed by atoms with E-state index in [9.17, 15) is 9.59 Å². The first kappa shape index (κ1) is 17.0. The van der Waals surface area contributed by atoms with Crippen LogP contribution in [0.15, 0.2) is 4.99 Å². The molecule has 0 aromatic heterocycles. The van der Waals surface area contributed by atoms with Gasteiger partial charge in [0.2, 0.25) is 5.91 Å². The molecular formula is C16H28N6O2. The van der Waals surface area contributed by atoms with Crippen molar-refractivity contribution in [2.75, 3.05) is 39.3 Å². The molecule has 3 N–H and O–H groups in total. The van der Waals surface area contributed by atoms with Crippen molar-refractivity contribution in [3.05, 3.63) is 0 Å². The highest BCUT2D eigenvalue weighted by Gasteiger charge is 2.32. The van der Waals surface area contributed by atoms with Crippen molar-refractivity contribution in [1.29, 1.82) is 0 Å². The zero-order valence-electron chi connectivity index (χ0n) is 14.4. The minimum Gasteiger partial charge on any atom is -0.357 e. The molecule has 0 radical (unpaired) electrons. The highest BCUT2D eigenvalue weighted by Crippen LogP contribution is 2.29. The number of urea groups is 1. The summed E-state index contributed by atoms with van der Waals surface area (Å²) in [5.41, 5.74) is 0. The summed E-state index contributed by atoms with van der Waals surface area (Å²) >= 11 is 0. The summed E-state index contributed by atoms with van der Waals surface area (Å²) in [5, 5.41) is 9.26. The van der Waals surface area contributed by atoms with E-state index in [0.717, 1.165) is 44.5 Å². The second-order valence-electron chi connectivity index (χ2n) is 6.65. The van der Waals surface area contributed by atoms with Crippen molar-refractivity contribution in [2.24, 2.45) is 4.99 Å². The number of hydrogen-bond acceptors (Lipinski definition) is 4. The summed E-state index contributed by atoms with van der Waals surface area (Å²) in [6.45, 7) is 5.96. The van der Waals surface area contributed by atoms with Crippen molar-refractivity contribution in [1.82, 2.24) is 25.8 Å². The van der Waals surface area contributed by atoms with Gasteiger partial charge in [-0.1, -0.05) is 0 Å². The molecule has 0 spiro atoms. The van der Waals surface area contributed by atoms with Crippen molar-refractivity contribution in [3.8, 4) is 0 Å². The Bertz CT molecular complexity index is 481. The van der Waals surface area contributed by atoms with E-state index in [1.54, 1.807) is 0 Å². The third kappa shape index (κ3) is 4.37. The molecular weight excluding hydrogens is 308 g/mol. The van der Waals surface area contributed by atoms with Crippen LogP contribution in [0.1, 0.15) is 32.6 Å². The minimum atomic E-state index is -0.319. The number of carbonyl (C=O) groups is 2. The number of piperidine rings is 1. The summed E-state index contributed by atoms with van der Waals surface area (Å²) in [6, 6.07) is 0.965. The van der Waals surface area contributed by atoms with E-state index in [1.807, 2.05) is 6.92 Å². The Hall–Kier alpha value is -1.83. The van der Waals surface area contributed by atoms with Crippen molar-refractivity contribution < 1.29 is 9.59 Å². The molecule has 3 rings (SSSR count). The number of nitrogens with zero attached hydrogens (tertiary/aromatic N) is 3. The highest BCUT2D eigenvalue weighted by atomic mass is 16.2. The average molecular weight is 336 g/mol. The van der Waals surface area contributed by atoms with Crippen LogP contribution < -0.4 is 16.0 Å². The van der Waals surface area contributed by atoms with Gasteiger partial charge in [-0.25, -0.2) is 4.79 Å². The number of rotatable bonds is 6. The first-order chi connectivity index (χ1) is 11.7. The zero-order chi connectivity index (χ0) is 16.9. The molecule has 2 heterocycles. The lowest BCUT2D eigenvalue weighted by Gasteiger charge is -2.33. The monoisotopic (exact) mass is 336 g/mol. The third-order valence-electron chi connectivity index (χ3n) is 4.81. The molecule has 0 bridgehead atoms. The number of nitrogens with one attached hydrogen (secondary N) is 3. The number of guanidine groups is 1. The second kappa shape index (κ2) is 7.83. The lowest BCUT2D eigenvalue weighted by Crippen LogP contribution is -2.49. The van der Waals surface area contributed by atoms with Gasteiger partial charge in [0.15, 0.2) is 5.96 Å². The fourth-order valence-electron chi connectivity index (χ4n) is 3.31. The molecule has 0 atom stereocenters. The molecule has 0 unspecified atom stereocenters. The van der Waals surface area contributed by atoms with Crippen LogP contribution in [0.25, 0.3) is 0 Å². The molecule has 134 valence electrons. The van der Waals surface area contributed by atoms with Gasteiger partial charge in [-0.3, -0.25) is 14.7 Å². The summed E-state index contributed by atoms with van der Waals surface area (Å²) in [6.07, 6.45) is 5.00. The van der Waals surface area contributed by atoms with E-state index in [4.69, 9.17) is 0 Å². The maximum Gasteiger partial charge on any atom is 0.324 e. The normalized spacial score (nSPS) is 23.5. The second-order valence-corrected chi connectivity index (χ2v) is 6.65. The first-order valence-corrected chi connectivity index (χ1v) is 9.04. The van der Waals surface area contributed by atoms with Crippen LogP contribution in [0.4, 0.5) is 4.79 Å². The van der Waals surface area contributed by atoms with Crippen molar-refractivity contribution in [3.63, 3.8) is 0 Å². The molecule has 0 aromatic carbocycles. The molecule has 2 saturated heterocycles. The SMILES string of the molecule is CCNC(=NCCN1C(=O)CNC1=O)NC1CCN(C2CC2)CC1. The van der Waals surface area contributed by atoms with Gasteiger partial charge in [0.05, 0.1) is 19.6 Å². The molecule has 8 heteroatoms. The Morgan fingerprint density at radius 3 is 2.58 bits per heavy atom. The van der Waals surface area contributed by atoms with Crippen LogP contribution in [-0.4, -0.2) is 79.0 Å². The maximum atomic E-state index is 11.6. The fourth-order valence-corrected chi connectivity index (χ4v) is 3.31. The van der Waals surface area contributed by atoms with Crippen molar-refractivity contribution in [2.45, 2.75) is 44.7 Å². The molecule has 1 aliphatic carbocycles. The third-order valence-corrected chi connectivity index (χ3v) is 4.81. The van der Waals surface area contributed by atoms with Gasteiger partial charge >= 0.3 is 6.03 Å². The Labute approximate surface area is 143 Å². The van der Waals surface area contributed by atoms with E-state index in [2.05, 4.69) is 25.8 Å². The Morgan fingerprint density at radius 1 is 1.25 bits per heavy atom. The van der Waals surface area contributed by atoms with Gasteiger partial charge in [-0.15, -0.1) is 0 Å². The maximum absolute atomic E-state index is 11.6. The van der Waals surface area contributed by atoms with Crippen molar-refractivity contribution >= 4 is 17.9 Å². The number of aliphatic imine (C=N–C) groups is 1. The zero-order valence-corrected chi connectivity index (χ0v) is 14.4. The quantitative estimate of drug-likeness (QED) is 0.353. The van der Waals surface area contributed by atoms with E-state index >= 15 is 0 Å². The van der Waals surface area contributed by atoms with Crippen LogP contribution in [0.5, 0.6) is 0 Å². The summed E-state index contributed by atoms with van der Waals surface area (Å²) < 4.78 is 0. The Kier molecular flexibility index (Phi) is 5.55. The lowest BCUT2D eigenvalue weighted by molar-refractivity contribution is -0.124. The summed E-state index contributed by atoms with van der Waals surface area (Å²) in [4.78, 5) is 31.4. The number of amides is 3. The van der Waals surface area contributed by atoms with Gasteiger partial charge in [0.25, 0.3) is 0 Å². The summed E-state index contributed by atoms with van der Waals surface area (Å²) in [7, 11) is 0. The van der Waals surface area contributed by atoms with Gasteiger partial charge in [0, 0.05) is 31.7 Å². The van der Waals surface area contributed by atoms with Crippen LogP contribution in [-0.2, 0) is 4.79 Å². The molecule has 8 nitrogen and oxygen atoms in total. The Morgan fingerprint density at radius 2 is 2.00 bits per heavy atom. The van der Waals surface area contributed by atoms with Gasteiger partial charge in [-0.2, -0.15) is 0 Å². The number of likely N-dealkylation sites (tertiary alicyclic amines) is 1. The van der Waals surface area contributed by atoms with Crippen LogP contribution in [0.3, 0.4) is 0 Å². The fraction of sp³-hybridized carbons (Fsp3) is 0.812. The van der Waals surface area contributed by atoms with E-state index in [-0.39, 0.29) is 18.5 Å². The average Bonchev–Trinajstić information content (AvgIpc) is 3.37. The van der Waals surface area contributed by atoms with Gasteiger partial charge < -0.3 is 20.9 Å². The van der Waals surface area contributed by atoms with Crippen LogP contribution in [0, 0.1) is 0 Å². The summed E-state index contributed by atoms with van der Waals surface area (Å²) in [5.74, 6) is 0.593. The topological polar surface area (TPSA) is 89.1 Å². The minimum absolute atomic E-state index is 0.0977. The van der Waals surface area contributed by atoms with Crippen LogP contribution in [0.2, 0.25) is 0 Å². The molecule has 2 aliphatic heterocycles. The largest absolute Gasteiger partial charge is 0.357 e. The molecule has 0 aromatic rings. The number of imide groups is 1. The van der Waals surface area contributed by atoms with E-state index < -0.39 is 0 Å². The predicted octanol–water partition coefficient (Wildman–Crippen LogP) is -0.280. The Balaban J connectivity index is 1.45.